The largest absolute Gasteiger partial charge is 0.497 e. The first-order chi connectivity index (χ1) is 5.39. The normalized spacial score (nSPS) is 12.6. The Balaban J connectivity index is 0. The second-order valence-corrected chi connectivity index (χ2v) is 1.58. The van der Waals surface area contributed by atoms with Gasteiger partial charge in [0.15, 0.2) is 0 Å². The highest BCUT2D eigenvalue weighted by molar-refractivity contribution is 5.16. The van der Waals surface area contributed by atoms with Crippen LogP contribution in [0.2, 0.25) is 0 Å². The molecular formula is C10H20O. The van der Waals surface area contributed by atoms with E-state index in [1.54, 1.807) is 6.26 Å². The SMILES string of the molecule is CC.CC.CC1=CCOC=C1. The summed E-state index contributed by atoms with van der Waals surface area (Å²) in [5.41, 5.74) is 1.28. The van der Waals surface area contributed by atoms with E-state index in [0.29, 0.717) is 0 Å². The van der Waals surface area contributed by atoms with Gasteiger partial charge in [-0.3, -0.25) is 0 Å². The molecule has 0 fully saturated rings. The maximum atomic E-state index is 4.88. The van der Waals surface area contributed by atoms with Crippen molar-refractivity contribution < 1.29 is 4.74 Å². The molecule has 1 heterocycles. The fourth-order valence-corrected chi connectivity index (χ4v) is 0.459. The third kappa shape index (κ3) is 9.28. The Morgan fingerprint density at radius 1 is 1.18 bits per heavy atom. The van der Waals surface area contributed by atoms with Crippen LogP contribution in [0.4, 0.5) is 0 Å². The summed E-state index contributed by atoms with van der Waals surface area (Å²) in [5.74, 6) is 0. The number of ether oxygens (including phenoxy) is 1. The second kappa shape index (κ2) is 12.0. The van der Waals surface area contributed by atoms with Gasteiger partial charge in [0.1, 0.15) is 6.61 Å². The van der Waals surface area contributed by atoms with Crippen molar-refractivity contribution in [1.29, 1.82) is 0 Å². The molecule has 1 nitrogen and oxygen atoms in total. The molecule has 1 aliphatic heterocycles. The van der Waals surface area contributed by atoms with Crippen LogP contribution in [0.5, 0.6) is 0 Å². The van der Waals surface area contributed by atoms with Gasteiger partial charge in [0, 0.05) is 0 Å². The number of rotatable bonds is 0. The molecule has 0 atom stereocenters. The average molecular weight is 156 g/mol. The molecule has 66 valence electrons. The molecule has 11 heavy (non-hydrogen) atoms. The van der Waals surface area contributed by atoms with E-state index < -0.39 is 0 Å². The lowest BCUT2D eigenvalue weighted by molar-refractivity contribution is 0.284. The summed E-state index contributed by atoms with van der Waals surface area (Å²) in [6, 6.07) is 0. The molecule has 1 aliphatic rings. The molecule has 0 aliphatic carbocycles. The molecule has 0 N–H and O–H groups in total. The van der Waals surface area contributed by atoms with Crippen LogP contribution in [0.3, 0.4) is 0 Å². The standard InChI is InChI=1S/C6H8O.2C2H6/c1-6-2-4-7-5-3-6;2*1-2/h2-4H,5H2,1H3;2*1-2H3. The molecule has 0 unspecified atom stereocenters. The maximum absolute atomic E-state index is 4.88. The van der Waals surface area contributed by atoms with Crippen molar-refractivity contribution in [3.05, 3.63) is 24.0 Å². The first-order valence-electron chi connectivity index (χ1n) is 4.34. The van der Waals surface area contributed by atoms with Crippen molar-refractivity contribution in [1.82, 2.24) is 0 Å². The molecule has 0 saturated carbocycles. The third-order valence-corrected chi connectivity index (χ3v) is 0.929. The summed E-state index contributed by atoms with van der Waals surface area (Å²) < 4.78 is 4.88. The van der Waals surface area contributed by atoms with Gasteiger partial charge >= 0.3 is 0 Å². The topological polar surface area (TPSA) is 9.23 Å². The van der Waals surface area contributed by atoms with E-state index in [9.17, 15) is 0 Å². The van der Waals surface area contributed by atoms with Crippen molar-refractivity contribution in [2.75, 3.05) is 6.61 Å². The van der Waals surface area contributed by atoms with Gasteiger partial charge in [-0.25, -0.2) is 0 Å². The minimum Gasteiger partial charge on any atom is -0.497 e. The van der Waals surface area contributed by atoms with Crippen LogP contribution in [0, 0.1) is 0 Å². The van der Waals surface area contributed by atoms with Crippen LogP contribution in [0.25, 0.3) is 0 Å². The highest BCUT2D eigenvalue weighted by Crippen LogP contribution is 1.99. The van der Waals surface area contributed by atoms with Crippen LogP contribution < -0.4 is 0 Å². The summed E-state index contributed by atoms with van der Waals surface area (Å²) in [5, 5.41) is 0. The molecule has 0 aromatic heterocycles. The Labute approximate surface area is 70.8 Å². The van der Waals surface area contributed by atoms with Gasteiger partial charge in [0.05, 0.1) is 6.26 Å². The Kier molecular flexibility index (Phi) is 14.1. The fourth-order valence-electron chi connectivity index (χ4n) is 0.459. The van der Waals surface area contributed by atoms with Gasteiger partial charge in [-0.2, -0.15) is 0 Å². The number of hydrogen-bond acceptors (Lipinski definition) is 1. The molecule has 1 heteroatoms. The monoisotopic (exact) mass is 156 g/mol. The summed E-state index contributed by atoms with van der Waals surface area (Å²) >= 11 is 0. The zero-order valence-corrected chi connectivity index (χ0v) is 8.35. The molecule has 0 radical (unpaired) electrons. The minimum atomic E-state index is 0.738. The summed E-state index contributed by atoms with van der Waals surface area (Å²) in [7, 11) is 0. The van der Waals surface area contributed by atoms with Gasteiger partial charge in [0.2, 0.25) is 0 Å². The number of allylic oxidation sites excluding steroid dienone is 2. The van der Waals surface area contributed by atoms with Gasteiger partial charge in [0.25, 0.3) is 0 Å². The van der Waals surface area contributed by atoms with Crippen LogP contribution >= 0.6 is 0 Å². The van der Waals surface area contributed by atoms with Crippen molar-refractivity contribution in [2.45, 2.75) is 34.6 Å². The predicted molar refractivity (Wildman–Crippen MR) is 51.5 cm³/mol. The first kappa shape index (κ1) is 12.9. The van der Waals surface area contributed by atoms with E-state index in [4.69, 9.17) is 4.74 Å². The molecule has 1 rings (SSSR count). The van der Waals surface area contributed by atoms with Crippen LogP contribution in [-0.2, 0) is 4.74 Å². The lowest BCUT2D eigenvalue weighted by Gasteiger charge is -2.00. The lowest BCUT2D eigenvalue weighted by atomic mass is 10.3. The van der Waals surface area contributed by atoms with Gasteiger partial charge in [-0.05, 0) is 24.6 Å². The number of hydrogen-bond donors (Lipinski definition) is 0. The highest BCUT2D eigenvalue weighted by atomic mass is 16.5. The van der Waals surface area contributed by atoms with E-state index in [2.05, 4.69) is 6.92 Å². The predicted octanol–water partition coefficient (Wildman–Crippen LogP) is 3.53. The van der Waals surface area contributed by atoms with Gasteiger partial charge in [-0.15, -0.1) is 0 Å². The summed E-state index contributed by atoms with van der Waals surface area (Å²) in [4.78, 5) is 0. The Hall–Kier alpha value is -0.720. The Bertz CT molecular complexity index is 112. The molecule has 0 saturated heterocycles. The van der Waals surface area contributed by atoms with Crippen molar-refractivity contribution in [3.8, 4) is 0 Å². The van der Waals surface area contributed by atoms with E-state index >= 15 is 0 Å². The first-order valence-corrected chi connectivity index (χ1v) is 4.34. The molecule has 0 aromatic carbocycles. The van der Waals surface area contributed by atoms with E-state index in [0.717, 1.165) is 6.61 Å². The van der Waals surface area contributed by atoms with Crippen molar-refractivity contribution in [3.63, 3.8) is 0 Å². The lowest BCUT2D eigenvalue weighted by Crippen LogP contribution is -1.87. The Morgan fingerprint density at radius 2 is 1.73 bits per heavy atom. The van der Waals surface area contributed by atoms with Crippen LogP contribution in [0.1, 0.15) is 34.6 Å². The van der Waals surface area contributed by atoms with E-state index in [-0.39, 0.29) is 0 Å². The zero-order chi connectivity index (χ0) is 9.11. The van der Waals surface area contributed by atoms with Crippen molar-refractivity contribution in [2.24, 2.45) is 0 Å². The molecule has 0 bridgehead atoms. The van der Waals surface area contributed by atoms with Gasteiger partial charge < -0.3 is 4.74 Å². The minimum absolute atomic E-state index is 0.738. The Morgan fingerprint density at radius 3 is 1.91 bits per heavy atom. The molecule has 0 spiro atoms. The average Bonchev–Trinajstić information content (AvgIpc) is 2.13. The van der Waals surface area contributed by atoms with Gasteiger partial charge in [-0.1, -0.05) is 27.7 Å². The zero-order valence-electron chi connectivity index (χ0n) is 8.35. The third-order valence-electron chi connectivity index (χ3n) is 0.929. The van der Waals surface area contributed by atoms with Crippen LogP contribution in [-0.4, -0.2) is 6.61 Å². The van der Waals surface area contributed by atoms with Crippen LogP contribution in [0.15, 0.2) is 24.0 Å². The summed E-state index contributed by atoms with van der Waals surface area (Å²) in [6.45, 7) is 10.8. The highest BCUT2D eigenvalue weighted by Gasteiger charge is 1.85. The van der Waals surface area contributed by atoms with E-state index in [1.165, 1.54) is 5.57 Å². The van der Waals surface area contributed by atoms with E-state index in [1.807, 2.05) is 39.8 Å². The molecule has 0 amide bonds. The second-order valence-electron chi connectivity index (χ2n) is 1.58. The van der Waals surface area contributed by atoms with Crippen molar-refractivity contribution >= 4 is 0 Å². The quantitative estimate of drug-likeness (QED) is 0.521. The molecule has 0 aromatic rings. The maximum Gasteiger partial charge on any atom is 0.106 e. The fraction of sp³-hybridized carbons (Fsp3) is 0.600. The summed E-state index contributed by atoms with van der Waals surface area (Å²) in [6.07, 6.45) is 5.71. The smallest absolute Gasteiger partial charge is 0.106 e. The molecular weight excluding hydrogens is 136 g/mol.